The maximum absolute atomic E-state index is 11.5. The van der Waals surface area contributed by atoms with E-state index in [0.717, 1.165) is 6.07 Å². The molecule has 5 nitrogen and oxygen atoms in total. The smallest absolute Gasteiger partial charge is 0.347 e. The van der Waals surface area contributed by atoms with E-state index in [0.29, 0.717) is 10.9 Å². The third-order valence-corrected chi connectivity index (χ3v) is 2.46. The molecule has 0 spiro atoms. The maximum atomic E-state index is 11.5. The van der Waals surface area contributed by atoms with E-state index >= 15 is 0 Å². The van der Waals surface area contributed by atoms with Crippen LogP contribution in [0.5, 0.6) is 11.5 Å². The van der Waals surface area contributed by atoms with Crippen LogP contribution in [-0.2, 0) is 6.61 Å². The number of aliphatic hydroxyl groups excluding tert-OH is 1. The highest BCUT2D eigenvalue weighted by Gasteiger charge is 2.14. The van der Waals surface area contributed by atoms with Gasteiger partial charge < -0.3 is 19.7 Å². The number of aryl methyl sites for hydroxylation is 1. The molecule has 3 N–H and O–H groups in total. The van der Waals surface area contributed by atoms with E-state index < -0.39 is 5.63 Å². The number of hydrogen-bond donors (Lipinski definition) is 3. The molecular weight excluding hydrogens is 212 g/mol. The normalized spacial score (nSPS) is 10.9. The summed E-state index contributed by atoms with van der Waals surface area (Å²) in [5.41, 5.74) is -0.317. The van der Waals surface area contributed by atoms with E-state index in [1.165, 1.54) is 13.0 Å². The van der Waals surface area contributed by atoms with Crippen LogP contribution in [-0.4, -0.2) is 15.3 Å². The van der Waals surface area contributed by atoms with Gasteiger partial charge in [0.2, 0.25) is 0 Å². The Balaban J connectivity index is 3.05. The van der Waals surface area contributed by atoms with Crippen molar-refractivity contribution in [3.63, 3.8) is 0 Å². The van der Waals surface area contributed by atoms with Gasteiger partial charge in [0, 0.05) is 17.0 Å². The minimum Gasteiger partial charge on any atom is -0.508 e. The fraction of sp³-hybridized carbons (Fsp3) is 0.182. The Kier molecular flexibility index (Phi) is 2.32. The number of phenols is 2. The molecule has 1 aromatic carbocycles. The van der Waals surface area contributed by atoms with Crippen LogP contribution in [0.1, 0.15) is 11.3 Å². The highest BCUT2D eigenvalue weighted by molar-refractivity contribution is 5.91. The lowest BCUT2D eigenvalue weighted by Gasteiger charge is -2.07. The number of hydrogen-bond acceptors (Lipinski definition) is 5. The van der Waals surface area contributed by atoms with Crippen molar-refractivity contribution in [1.29, 1.82) is 0 Å². The van der Waals surface area contributed by atoms with Gasteiger partial charge in [0.15, 0.2) is 0 Å². The van der Waals surface area contributed by atoms with Crippen molar-refractivity contribution in [1.82, 2.24) is 0 Å². The van der Waals surface area contributed by atoms with Gasteiger partial charge in [0.05, 0.1) is 6.61 Å². The summed E-state index contributed by atoms with van der Waals surface area (Å²) in [6, 6.07) is 2.36. The third kappa shape index (κ3) is 1.42. The van der Waals surface area contributed by atoms with Crippen LogP contribution in [0.3, 0.4) is 0 Å². The fourth-order valence-electron chi connectivity index (χ4n) is 1.70. The van der Waals surface area contributed by atoms with Gasteiger partial charge in [-0.25, -0.2) is 4.79 Å². The summed E-state index contributed by atoms with van der Waals surface area (Å²) in [6.45, 7) is 1.20. The van der Waals surface area contributed by atoms with Crippen LogP contribution in [0.2, 0.25) is 0 Å². The first-order chi connectivity index (χ1) is 7.54. The van der Waals surface area contributed by atoms with Crippen LogP contribution in [0.25, 0.3) is 10.8 Å². The molecule has 0 atom stereocenters. The number of fused-ring (bicyclic) bond motifs is 1. The summed E-state index contributed by atoms with van der Waals surface area (Å²) in [5, 5.41) is 28.3. The molecule has 1 heterocycles. The molecule has 0 bridgehead atoms. The summed E-state index contributed by atoms with van der Waals surface area (Å²) < 4.78 is 4.88. The van der Waals surface area contributed by atoms with E-state index in [-0.39, 0.29) is 29.3 Å². The molecular formula is C11H10O5. The van der Waals surface area contributed by atoms with Crippen LogP contribution in [0.15, 0.2) is 21.3 Å². The van der Waals surface area contributed by atoms with Crippen LogP contribution < -0.4 is 5.63 Å². The Labute approximate surface area is 90.2 Å². The van der Waals surface area contributed by atoms with Crippen molar-refractivity contribution in [2.45, 2.75) is 13.5 Å². The molecule has 0 saturated heterocycles. The second-order valence-corrected chi connectivity index (χ2v) is 3.47. The number of rotatable bonds is 1. The molecule has 2 aromatic rings. The van der Waals surface area contributed by atoms with E-state index in [4.69, 9.17) is 9.52 Å². The lowest BCUT2D eigenvalue weighted by molar-refractivity contribution is 0.277. The second-order valence-electron chi connectivity index (χ2n) is 3.47. The van der Waals surface area contributed by atoms with Crippen LogP contribution in [0.4, 0.5) is 0 Å². The molecule has 0 aliphatic heterocycles. The summed E-state index contributed by atoms with van der Waals surface area (Å²) in [5.74, 6) is -0.270. The van der Waals surface area contributed by atoms with Gasteiger partial charge in [-0.2, -0.15) is 0 Å². The molecule has 0 radical (unpaired) electrons. The van der Waals surface area contributed by atoms with Crippen LogP contribution in [0, 0.1) is 6.92 Å². The zero-order valence-electron chi connectivity index (χ0n) is 8.52. The Morgan fingerprint density at radius 2 is 2.00 bits per heavy atom. The number of aliphatic hydroxyl groups is 1. The standard InChI is InChI=1S/C11H10O5/c1-5-8(4-12)7-2-6(13)3-9(14)10(7)11(15)16-5/h2-3,12-14H,4H2,1H3. The minimum absolute atomic E-state index is 0.0348. The number of benzene rings is 1. The van der Waals surface area contributed by atoms with Gasteiger partial charge in [-0.15, -0.1) is 0 Å². The van der Waals surface area contributed by atoms with Crippen LogP contribution >= 0.6 is 0 Å². The first kappa shape index (κ1) is 10.5. The highest BCUT2D eigenvalue weighted by Crippen LogP contribution is 2.30. The summed E-state index contributed by atoms with van der Waals surface area (Å²) in [4.78, 5) is 11.5. The van der Waals surface area contributed by atoms with Gasteiger partial charge in [0.1, 0.15) is 22.6 Å². The van der Waals surface area contributed by atoms with Gasteiger partial charge in [-0.1, -0.05) is 0 Å². The van der Waals surface area contributed by atoms with Crippen molar-refractivity contribution in [3.05, 3.63) is 33.9 Å². The van der Waals surface area contributed by atoms with Gasteiger partial charge in [-0.05, 0) is 13.0 Å². The predicted molar refractivity (Wildman–Crippen MR) is 56.5 cm³/mol. The Hall–Kier alpha value is -2.01. The molecule has 2 rings (SSSR count). The summed E-state index contributed by atoms with van der Waals surface area (Å²) in [7, 11) is 0. The van der Waals surface area contributed by atoms with Crippen molar-refractivity contribution < 1.29 is 19.7 Å². The molecule has 0 fully saturated rings. The summed E-state index contributed by atoms with van der Waals surface area (Å²) >= 11 is 0. The fourth-order valence-corrected chi connectivity index (χ4v) is 1.70. The maximum Gasteiger partial charge on any atom is 0.347 e. The van der Waals surface area contributed by atoms with Gasteiger partial charge in [-0.3, -0.25) is 0 Å². The third-order valence-electron chi connectivity index (χ3n) is 2.46. The van der Waals surface area contributed by atoms with E-state index in [1.807, 2.05) is 0 Å². The predicted octanol–water partition coefficient (Wildman–Crippen LogP) is 1.00. The monoisotopic (exact) mass is 222 g/mol. The molecule has 0 amide bonds. The second kappa shape index (κ2) is 3.53. The Bertz CT molecular complexity index is 612. The van der Waals surface area contributed by atoms with Crippen molar-refractivity contribution in [2.24, 2.45) is 0 Å². The zero-order valence-corrected chi connectivity index (χ0v) is 8.52. The van der Waals surface area contributed by atoms with E-state index in [1.54, 1.807) is 0 Å². The molecule has 16 heavy (non-hydrogen) atoms. The Morgan fingerprint density at radius 1 is 1.31 bits per heavy atom. The average Bonchev–Trinajstić information content (AvgIpc) is 2.15. The van der Waals surface area contributed by atoms with Crippen molar-refractivity contribution >= 4 is 10.8 Å². The SMILES string of the molecule is Cc1oc(=O)c2c(O)cc(O)cc2c1CO. The molecule has 84 valence electrons. The molecule has 0 aliphatic carbocycles. The highest BCUT2D eigenvalue weighted by atomic mass is 16.4. The average molecular weight is 222 g/mol. The zero-order chi connectivity index (χ0) is 11.9. The van der Waals surface area contributed by atoms with E-state index in [2.05, 4.69) is 0 Å². The van der Waals surface area contributed by atoms with Crippen molar-refractivity contribution in [2.75, 3.05) is 0 Å². The molecule has 0 saturated carbocycles. The lowest BCUT2D eigenvalue weighted by atomic mass is 10.1. The first-order valence-corrected chi connectivity index (χ1v) is 4.63. The quantitative estimate of drug-likeness (QED) is 0.669. The van der Waals surface area contributed by atoms with E-state index in [9.17, 15) is 15.0 Å². The van der Waals surface area contributed by atoms with Gasteiger partial charge in [0.25, 0.3) is 0 Å². The topological polar surface area (TPSA) is 90.9 Å². The molecule has 5 heteroatoms. The molecule has 0 unspecified atom stereocenters. The first-order valence-electron chi connectivity index (χ1n) is 4.63. The number of aromatic hydroxyl groups is 2. The molecule has 1 aromatic heterocycles. The molecule has 0 aliphatic rings. The number of phenolic OH excluding ortho intramolecular Hbond substituents is 2. The lowest BCUT2D eigenvalue weighted by Crippen LogP contribution is -2.05. The Morgan fingerprint density at radius 3 is 2.62 bits per heavy atom. The minimum atomic E-state index is -0.692. The van der Waals surface area contributed by atoms with Gasteiger partial charge >= 0.3 is 5.63 Å². The van der Waals surface area contributed by atoms with Crippen molar-refractivity contribution in [3.8, 4) is 11.5 Å². The summed E-state index contributed by atoms with van der Waals surface area (Å²) in [6.07, 6.45) is 0. The largest absolute Gasteiger partial charge is 0.508 e.